The fraction of sp³-hybridized carbons (Fsp3) is 0.643. The lowest BCUT2D eigenvalue weighted by Crippen LogP contribution is -2.45. The number of aliphatic carboxylic acids is 1. The number of carboxylic acids is 1. The van der Waals surface area contributed by atoms with Gasteiger partial charge in [0.15, 0.2) is 0 Å². The molecule has 1 aromatic rings. The van der Waals surface area contributed by atoms with Crippen molar-refractivity contribution in [2.45, 2.75) is 25.8 Å². The Morgan fingerprint density at radius 2 is 2.10 bits per heavy atom. The number of hydrogen-bond acceptors (Lipinski definition) is 3. The number of nitrogens with zero attached hydrogens (tertiary/aromatic N) is 4. The summed E-state index contributed by atoms with van der Waals surface area (Å²) in [5.74, 6) is 0.268. The second-order valence-electron chi connectivity index (χ2n) is 5.62. The Labute approximate surface area is 124 Å². The average molecular weight is 294 g/mol. The summed E-state index contributed by atoms with van der Waals surface area (Å²) in [7, 11) is 3.67. The Kier molecular flexibility index (Phi) is 4.82. The van der Waals surface area contributed by atoms with Crippen LogP contribution in [0.5, 0.6) is 0 Å². The summed E-state index contributed by atoms with van der Waals surface area (Å²) in [5.41, 5.74) is 0. The van der Waals surface area contributed by atoms with Gasteiger partial charge in [-0.15, -0.1) is 0 Å². The molecule has 2 heterocycles. The number of carbonyl (C=O) groups excluding carboxylic acids is 1. The zero-order chi connectivity index (χ0) is 15.4. The Hall–Kier alpha value is -2.05. The van der Waals surface area contributed by atoms with Gasteiger partial charge in [-0.1, -0.05) is 0 Å². The van der Waals surface area contributed by atoms with Crippen LogP contribution in [0.1, 0.15) is 25.1 Å². The summed E-state index contributed by atoms with van der Waals surface area (Å²) in [5, 5.41) is 8.80. The van der Waals surface area contributed by atoms with Crippen LogP contribution in [0.15, 0.2) is 12.4 Å². The van der Waals surface area contributed by atoms with E-state index in [1.54, 1.807) is 23.0 Å². The standard InChI is InChI=1S/C14H22N4O3/c1-16-8-5-15-12(16)10-17(2)14(21)18-6-3-11(4-7-18)9-13(19)20/h5,8,11H,3-4,6-7,9-10H2,1-2H3,(H,19,20). The van der Waals surface area contributed by atoms with Crippen molar-refractivity contribution in [3.8, 4) is 0 Å². The SMILES string of the molecule is CN(Cc1nccn1C)C(=O)N1CCC(CC(=O)O)CC1. The topological polar surface area (TPSA) is 78.7 Å². The monoisotopic (exact) mass is 294 g/mol. The van der Waals surface area contributed by atoms with Crippen molar-refractivity contribution in [1.82, 2.24) is 19.4 Å². The van der Waals surface area contributed by atoms with Crippen LogP contribution >= 0.6 is 0 Å². The van der Waals surface area contributed by atoms with Gasteiger partial charge in [0, 0.05) is 46.0 Å². The first-order valence-electron chi connectivity index (χ1n) is 7.15. The number of carbonyl (C=O) groups is 2. The smallest absolute Gasteiger partial charge is 0.320 e. The highest BCUT2D eigenvalue weighted by Crippen LogP contribution is 2.21. The van der Waals surface area contributed by atoms with E-state index >= 15 is 0 Å². The molecule has 0 bridgehead atoms. The van der Waals surface area contributed by atoms with Crippen LogP contribution in [0.25, 0.3) is 0 Å². The number of imidazole rings is 1. The molecule has 1 aromatic heterocycles. The lowest BCUT2D eigenvalue weighted by Gasteiger charge is -2.34. The van der Waals surface area contributed by atoms with Gasteiger partial charge in [0.2, 0.25) is 0 Å². The molecule has 2 amide bonds. The fourth-order valence-corrected chi connectivity index (χ4v) is 2.65. The largest absolute Gasteiger partial charge is 0.481 e. The van der Waals surface area contributed by atoms with Gasteiger partial charge in [0.1, 0.15) is 5.82 Å². The minimum Gasteiger partial charge on any atom is -0.481 e. The van der Waals surface area contributed by atoms with E-state index < -0.39 is 5.97 Å². The molecule has 116 valence electrons. The zero-order valence-corrected chi connectivity index (χ0v) is 12.5. The van der Waals surface area contributed by atoms with Crippen LogP contribution in [-0.4, -0.2) is 56.6 Å². The first-order chi connectivity index (χ1) is 9.97. The van der Waals surface area contributed by atoms with Gasteiger partial charge in [0.25, 0.3) is 0 Å². The van der Waals surface area contributed by atoms with Crippen molar-refractivity contribution in [2.75, 3.05) is 20.1 Å². The molecule has 1 fully saturated rings. The van der Waals surface area contributed by atoms with Gasteiger partial charge in [-0.2, -0.15) is 0 Å². The molecule has 0 spiro atoms. The zero-order valence-electron chi connectivity index (χ0n) is 12.5. The van der Waals surface area contributed by atoms with Crippen LogP contribution in [0.3, 0.4) is 0 Å². The Bertz CT molecular complexity index is 506. The van der Waals surface area contributed by atoms with E-state index in [9.17, 15) is 9.59 Å². The number of amides is 2. The van der Waals surface area contributed by atoms with E-state index in [2.05, 4.69) is 4.98 Å². The predicted molar refractivity (Wildman–Crippen MR) is 76.6 cm³/mol. The normalized spacial score (nSPS) is 16.0. The highest BCUT2D eigenvalue weighted by Gasteiger charge is 2.26. The third-order valence-corrected chi connectivity index (χ3v) is 3.97. The quantitative estimate of drug-likeness (QED) is 0.903. The van der Waals surface area contributed by atoms with Gasteiger partial charge < -0.3 is 19.5 Å². The molecular weight excluding hydrogens is 272 g/mol. The van der Waals surface area contributed by atoms with E-state index in [4.69, 9.17) is 5.11 Å². The first-order valence-corrected chi connectivity index (χ1v) is 7.15. The molecule has 1 aliphatic rings. The Morgan fingerprint density at radius 1 is 1.43 bits per heavy atom. The van der Waals surface area contributed by atoms with Crippen molar-refractivity contribution < 1.29 is 14.7 Å². The highest BCUT2D eigenvalue weighted by molar-refractivity contribution is 5.74. The van der Waals surface area contributed by atoms with Crippen LogP contribution in [-0.2, 0) is 18.4 Å². The summed E-state index contributed by atoms with van der Waals surface area (Å²) in [6.07, 6.45) is 5.28. The number of aryl methyl sites for hydroxylation is 1. The molecule has 0 aliphatic carbocycles. The molecule has 21 heavy (non-hydrogen) atoms. The molecule has 7 heteroatoms. The van der Waals surface area contributed by atoms with Crippen molar-refractivity contribution in [3.63, 3.8) is 0 Å². The number of urea groups is 1. The maximum atomic E-state index is 12.4. The first kappa shape index (κ1) is 15.3. The Balaban J connectivity index is 1.84. The molecule has 2 rings (SSSR count). The lowest BCUT2D eigenvalue weighted by atomic mass is 9.94. The maximum absolute atomic E-state index is 12.4. The number of hydrogen-bond donors (Lipinski definition) is 1. The Morgan fingerprint density at radius 3 is 2.62 bits per heavy atom. The molecule has 0 atom stereocenters. The van der Waals surface area contributed by atoms with E-state index in [-0.39, 0.29) is 18.4 Å². The molecule has 0 radical (unpaired) electrons. The van der Waals surface area contributed by atoms with Gasteiger partial charge >= 0.3 is 12.0 Å². The van der Waals surface area contributed by atoms with Crippen LogP contribution in [0, 0.1) is 5.92 Å². The second-order valence-corrected chi connectivity index (χ2v) is 5.62. The van der Waals surface area contributed by atoms with E-state index in [0.717, 1.165) is 18.7 Å². The molecular formula is C14H22N4O3. The molecule has 0 unspecified atom stereocenters. The average Bonchev–Trinajstić information content (AvgIpc) is 2.83. The number of likely N-dealkylation sites (tertiary alicyclic amines) is 1. The number of rotatable bonds is 4. The van der Waals surface area contributed by atoms with Gasteiger partial charge in [0.05, 0.1) is 6.54 Å². The number of piperidine rings is 1. The van der Waals surface area contributed by atoms with Crippen LogP contribution in [0.2, 0.25) is 0 Å². The third kappa shape index (κ3) is 3.96. The fourth-order valence-electron chi connectivity index (χ4n) is 2.65. The van der Waals surface area contributed by atoms with Gasteiger partial charge in [-0.05, 0) is 18.8 Å². The summed E-state index contributed by atoms with van der Waals surface area (Å²) in [6.45, 7) is 1.72. The molecule has 1 saturated heterocycles. The summed E-state index contributed by atoms with van der Waals surface area (Å²) < 4.78 is 1.89. The second kappa shape index (κ2) is 6.60. The minimum absolute atomic E-state index is 0.0215. The molecule has 0 saturated carbocycles. The van der Waals surface area contributed by atoms with Crippen LogP contribution < -0.4 is 0 Å². The summed E-state index contributed by atoms with van der Waals surface area (Å²) >= 11 is 0. The van der Waals surface area contributed by atoms with Crippen molar-refractivity contribution in [3.05, 3.63) is 18.2 Å². The molecule has 1 N–H and O–H groups in total. The predicted octanol–water partition coefficient (Wildman–Crippen LogP) is 1.16. The highest BCUT2D eigenvalue weighted by atomic mass is 16.4. The van der Waals surface area contributed by atoms with E-state index in [0.29, 0.717) is 19.6 Å². The van der Waals surface area contributed by atoms with Gasteiger partial charge in [-0.25, -0.2) is 9.78 Å². The van der Waals surface area contributed by atoms with E-state index in [1.165, 1.54) is 0 Å². The van der Waals surface area contributed by atoms with Crippen LogP contribution in [0.4, 0.5) is 4.79 Å². The lowest BCUT2D eigenvalue weighted by molar-refractivity contribution is -0.138. The number of aromatic nitrogens is 2. The molecule has 1 aliphatic heterocycles. The number of carboxylic acid groups (broad SMARTS) is 1. The summed E-state index contributed by atoms with van der Waals surface area (Å²) in [6, 6.07) is -0.0215. The maximum Gasteiger partial charge on any atom is 0.320 e. The van der Waals surface area contributed by atoms with Crippen molar-refractivity contribution in [1.29, 1.82) is 0 Å². The third-order valence-electron chi connectivity index (χ3n) is 3.97. The molecule has 7 nitrogen and oxygen atoms in total. The van der Waals surface area contributed by atoms with Crippen molar-refractivity contribution in [2.24, 2.45) is 13.0 Å². The van der Waals surface area contributed by atoms with Gasteiger partial charge in [-0.3, -0.25) is 4.79 Å². The summed E-state index contributed by atoms with van der Waals surface area (Å²) in [4.78, 5) is 30.7. The molecule has 0 aromatic carbocycles. The van der Waals surface area contributed by atoms with Crippen molar-refractivity contribution >= 4 is 12.0 Å². The van der Waals surface area contributed by atoms with E-state index in [1.807, 2.05) is 17.8 Å². The minimum atomic E-state index is -0.758.